The van der Waals surface area contributed by atoms with Gasteiger partial charge in [0.25, 0.3) is 0 Å². The lowest BCUT2D eigenvalue weighted by Crippen LogP contribution is -2.14. The van der Waals surface area contributed by atoms with Gasteiger partial charge in [-0.2, -0.15) is 13.2 Å². The maximum atomic E-state index is 13.0. The second-order valence-corrected chi connectivity index (χ2v) is 6.50. The molecule has 0 spiro atoms. The highest BCUT2D eigenvalue weighted by Gasteiger charge is 2.31. The average Bonchev–Trinajstić information content (AvgIpc) is 2.76. The summed E-state index contributed by atoms with van der Waals surface area (Å²) in [6, 6.07) is 3.06. The highest BCUT2D eigenvalue weighted by atomic mass is 19.4. The van der Waals surface area contributed by atoms with Gasteiger partial charge in [-0.3, -0.25) is 9.59 Å². The average molecular weight is 443 g/mol. The third kappa shape index (κ3) is 9.40. The fourth-order valence-electron chi connectivity index (χ4n) is 2.75. The third-order valence-electron chi connectivity index (χ3n) is 4.32. The van der Waals surface area contributed by atoms with E-state index in [-0.39, 0.29) is 24.6 Å². The van der Waals surface area contributed by atoms with Crippen molar-refractivity contribution in [2.75, 3.05) is 13.7 Å². The molecule has 0 aromatic heterocycles. The van der Waals surface area contributed by atoms with Crippen molar-refractivity contribution in [3.63, 3.8) is 0 Å². The number of hydrogen-bond acceptors (Lipinski definition) is 4. The molecular weight excluding hydrogens is 409 g/mol. The van der Waals surface area contributed by atoms with Gasteiger partial charge >= 0.3 is 12.1 Å². The summed E-state index contributed by atoms with van der Waals surface area (Å²) in [5.74, 6) is -0.165. The molecule has 1 unspecified atom stereocenters. The minimum absolute atomic E-state index is 0.0678. The first-order chi connectivity index (χ1) is 14.7. The van der Waals surface area contributed by atoms with Crippen LogP contribution in [0.5, 0.6) is 0 Å². The Morgan fingerprint density at radius 3 is 2.29 bits per heavy atom. The molecular formula is C24H33F3O4. The number of esters is 1. The largest absolute Gasteiger partial charge is 0.501 e. The van der Waals surface area contributed by atoms with Gasteiger partial charge in [-0.15, -0.1) is 0 Å². The topological polar surface area (TPSA) is 52.6 Å². The molecule has 0 fully saturated rings. The van der Waals surface area contributed by atoms with E-state index in [0.717, 1.165) is 12.1 Å². The lowest BCUT2D eigenvalue weighted by Gasteiger charge is -2.16. The molecule has 0 aliphatic carbocycles. The third-order valence-corrected chi connectivity index (χ3v) is 4.32. The fourth-order valence-corrected chi connectivity index (χ4v) is 2.75. The van der Waals surface area contributed by atoms with E-state index in [1.807, 2.05) is 26.8 Å². The molecule has 31 heavy (non-hydrogen) atoms. The molecule has 0 bridgehead atoms. The summed E-state index contributed by atoms with van der Waals surface area (Å²) in [6.45, 7) is 9.62. The molecule has 0 radical (unpaired) electrons. The van der Waals surface area contributed by atoms with Crippen molar-refractivity contribution in [2.24, 2.45) is 5.92 Å². The van der Waals surface area contributed by atoms with Gasteiger partial charge in [-0.25, -0.2) is 0 Å². The minimum atomic E-state index is -4.54. The number of carbonyl (C=O) groups is 2. The number of halogens is 3. The summed E-state index contributed by atoms with van der Waals surface area (Å²) < 4.78 is 49.4. The Labute approximate surface area is 183 Å². The molecule has 0 saturated carbocycles. The fraction of sp³-hybridized carbons (Fsp3) is 0.500. The van der Waals surface area contributed by atoms with Crippen molar-refractivity contribution in [3.05, 3.63) is 52.8 Å². The summed E-state index contributed by atoms with van der Waals surface area (Å²) in [7, 11) is 1.51. The first kappa shape index (κ1) is 28.4. The van der Waals surface area contributed by atoms with Gasteiger partial charge in [-0.1, -0.05) is 39.8 Å². The van der Waals surface area contributed by atoms with Crippen molar-refractivity contribution in [1.82, 2.24) is 0 Å². The lowest BCUT2D eigenvalue weighted by molar-refractivity contribution is -0.147. The van der Waals surface area contributed by atoms with Gasteiger partial charge in [0.15, 0.2) is 6.29 Å². The number of methoxy groups -OCH3 is 1. The van der Waals surface area contributed by atoms with Crippen LogP contribution in [0.3, 0.4) is 0 Å². The maximum absolute atomic E-state index is 13.0. The number of ether oxygens (including phenoxy) is 2. The molecule has 4 nitrogen and oxygen atoms in total. The molecule has 0 aliphatic rings. The number of alkyl halides is 3. The van der Waals surface area contributed by atoms with Crippen LogP contribution in [-0.2, 0) is 20.4 Å². The van der Waals surface area contributed by atoms with Crippen molar-refractivity contribution in [3.8, 4) is 0 Å². The van der Waals surface area contributed by atoms with E-state index in [1.165, 1.54) is 13.2 Å². The molecule has 174 valence electrons. The lowest BCUT2D eigenvalue weighted by atomic mass is 9.93. The number of aldehydes is 1. The van der Waals surface area contributed by atoms with E-state index in [4.69, 9.17) is 9.47 Å². The highest BCUT2D eigenvalue weighted by Crippen LogP contribution is 2.33. The molecule has 7 heteroatoms. The first-order valence-corrected chi connectivity index (χ1v) is 10.4. The number of hydrogen-bond donors (Lipinski definition) is 0. The molecule has 1 aromatic carbocycles. The van der Waals surface area contributed by atoms with Crippen LogP contribution >= 0.6 is 0 Å². The predicted octanol–water partition coefficient (Wildman–Crippen LogP) is 6.85. The highest BCUT2D eigenvalue weighted by molar-refractivity contribution is 5.86. The van der Waals surface area contributed by atoms with Crippen molar-refractivity contribution >= 4 is 17.8 Å². The monoisotopic (exact) mass is 442 g/mol. The zero-order valence-corrected chi connectivity index (χ0v) is 19.1. The van der Waals surface area contributed by atoms with Crippen molar-refractivity contribution in [2.45, 2.75) is 60.1 Å². The van der Waals surface area contributed by atoms with Crippen LogP contribution in [0, 0.1) is 5.92 Å². The van der Waals surface area contributed by atoms with E-state index < -0.39 is 17.7 Å². The van der Waals surface area contributed by atoms with Gasteiger partial charge in [-0.05, 0) is 49.1 Å². The second-order valence-electron chi connectivity index (χ2n) is 6.50. The van der Waals surface area contributed by atoms with E-state index in [2.05, 4.69) is 0 Å². The SMILES string of the molecule is CC.CC/C=C(\C/C(=C\CC(C)C(=O)OCC)c1ccc(C(F)(F)F)cc1C=O)OC. The summed E-state index contributed by atoms with van der Waals surface area (Å²) in [6.07, 6.45) is 0.778. The number of benzene rings is 1. The molecule has 1 aromatic rings. The number of carbonyl (C=O) groups excluding carboxylic acids is 2. The Hall–Kier alpha value is -2.57. The molecule has 0 aliphatic heterocycles. The van der Waals surface area contributed by atoms with Crippen LogP contribution < -0.4 is 0 Å². The van der Waals surface area contributed by atoms with Crippen molar-refractivity contribution in [1.29, 1.82) is 0 Å². The molecule has 0 N–H and O–H groups in total. The Morgan fingerprint density at radius 1 is 1.16 bits per heavy atom. The Balaban J connectivity index is 0.00000436. The van der Waals surface area contributed by atoms with Crippen LogP contribution in [0.4, 0.5) is 13.2 Å². The van der Waals surface area contributed by atoms with Crippen LogP contribution in [-0.4, -0.2) is 26.0 Å². The van der Waals surface area contributed by atoms with Gasteiger partial charge < -0.3 is 9.47 Å². The summed E-state index contributed by atoms with van der Waals surface area (Å²) in [5.41, 5.74) is 0.0297. The normalized spacial score (nSPS) is 13.1. The van der Waals surface area contributed by atoms with Gasteiger partial charge in [0, 0.05) is 12.0 Å². The Morgan fingerprint density at radius 2 is 1.81 bits per heavy atom. The van der Waals surface area contributed by atoms with Crippen LogP contribution in [0.1, 0.15) is 75.4 Å². The minimum Gasteiger partial charge on any atom is -0.501 e. The predicted molar refractivity (Wildman–Crippen MR) is 117 cm³/mol. The summed E-state index contributed by atoms with van der Waals surface area (Å²) in [5, 5.41) is 0. The van der Waals surface area contributed by atoms with E-state index >= 15 is 0 Å². The summed E-state index contributed by atoms with van der Waals surface area (Å²) in [4.78, 5) is 23.4. The quantitative estimate of drug-likeness (QED) is 0.226. The molecule has 0 amide bonds. The molecule has 0 heterocycles. The zero-order chi connectivity index (χ0) is 24.0. The standard InChI is InChI=1S/C22H27F3O4.C2H6/c1-5-7-19(28-4)13-16(9-8-15(3)21(27)29-6-2)20-11-10-18(22(23,24)25)12-17(20)14-26;1-2/h7,9-12,14-15H,5-6,8,13H2,1-4H3;1-2H3/b16-9+,19-7+;. The van der Waals surface area contributed by atoms with Crippen LogP contribution in [0.25, 0.3) is 5.57 Å². The smallest absolute Gasteiger partial charge is 0.416 e. The van der Waals surface area contributed by atoms with E-state index in [1.54, 1.807) is 19.9 Å². The maximum Gasteiger partial charge on any atom is 0.416 e. The second kappa shape index (κ2) is 14.4. The van der Waals surface area contributed by atoms with Crippen LogP contribution in [0.2, 0.25) is 0 Å². The summed E-state index contributed by atoms with van der Waals surface area (Å²) >= 11 is 0. The van der Waals surface area contributed by atoms with Gasteiger partial charge in [0.05, 0.1) is 31.0 Å². The van der Waals surface area contributed by atoms with Gasteiger partial charge in [0.2, 0.25) is 0 Å². The molecule has 1 rings (SSSR count). The Kier molecular flexibility index (Phi) is 13.2. The zero-order valence-electron chi connectivity index (χ0n) is 19.1. The van der Waals surface area contributed by atoms with Crippen molar-refractivity contribution < 1.29 is 32.2 Å². The number of rotatable bonds is 10. The Bertz CT molecular complexity index is 765. The molecule has 0 saturated heterocycles. The van der Waals surface area contributed by atoms with Crippen LogP contribution in [0.15, 0.2) is 36.1 Å². The van der Waals surface area contributed by atoms with E-state index in [9.17, 15) is 22.8 Å². The molecule has 1 atom stereocenters. The first-order valence-electron chi connectivity index (χ1n) is 10.4. The van der Waals surface area contributed by atoms with Gasteiger partial charge in [0.1, 0.15) is 0 Å². The number of allylic oxidation sites excluding steroid dienone is 3. The van der Waals surface area contributed by atoms with E-state index in [0.29, 0.717) is 36.0 Å².